The first-order valence-electron chi connectivity index (χ1n) is 5.43. The number of hydrogen-bond acceptors (Lipinski definition) is 4. The summed E-state index contributed by atoms with van der Waals surface area (Å²) in [5, 5.41) is 12.8. The lowest BCUT2D eigenvalue weighted by molar-refractivity contribution is -0.390. The van der Waals surface area contributed by atoms with Gasteiger partial charge in [0.15, 0.2) is 5.02 Å². The second-order valence-corrected chi connectivity index (χ2v) is 4.73. The molecule has 2 rings (SSSR count). The summed E-state index contributed by atoms with van der Waals surface area (Å²) in [6.45, 7) is 0. The van der Waals surface area contributed by atoms with E-state index in [2.05, 4.69) is 5.10 Å². The third-order valence-corrected chi connectivity index (χ3v) is 3.36. The number of halogens is 5. The quantitative estimate of drug-likeness (QED) is 0.611. The molecular weight excluding hydrogens is 350 g/mol. The normalized spacial score (nSPS) is 11.5. The molecule has 0 saturated heterocycles. The fourth-order valence-corrected chi connectivity index (χ4v) is 1.93. The molecule has 0 atom stereocenters. The summed E-state index contributed by atoms with van der Waals surface area (Å²) in [6.07, 6.45) is -4.65. The Balaban J connectivity index is 2.73. The molecule has 0 unspecified atom stereocenters. The number of benzene rings is 1. The molecule has 0 fully saturated rings. The van der Waals surface area contributed by atoms with E-state index in [1.807, 2.05) is 0 Å². The largest absolute Gasteiger partial charge is 0.416 e. The molecule has 0 spiro atoms. The minimum Gasteiger partial charge on any atom is -0.358 e. The molecule has 0 amide bonds. The maximum atomic E-state index is 12.7. The van der Waals surface area contributed by atoms with Gasteiger partial charge in [-0.3, -0.25) is 4.79 Å². The highest BCUT2D eigenvalue weighted by atomic mass is 35.5. The first-order valence-corrected chi connectivity index (χ1v) is 6.19. The topological polar surface area (TPSA) is 78.0 Å². The molecule has 0 aliphatic heterocycles. The lowest BCUT2D eigenvalue weighted by Crippen LogP contribution is -2.23. The standard InChI is InChI=1S/C11H4Cl2F3N3O3/c12-7-8(13)10(20)18(17-9(7)19(21)22)6-3-1-2-5(4-6)11(14,15)16/h1-4H. The van der Waals surface area contributed by atoms with E-state index in [0.29, 0.717) is 10.7 Å². The molecule has 1 heterocycles. The molecular formula is C11H4Cl2F3N3O3. The smallest absolute Gasteiger partial charge is 0.358 e. The van der Waals surface area contributed by atoms with Crippen LogP contribution in [0.15, 0.2) is 29.1 Å². The number of hydrogen-bond donors (Lipinski definition) is 0. The molecule has 22 heavy (non-hydrogen) atoms. The predicted octanol–water partition coefficient (Wildman–Crippen LogP) is 3.47. The Morgan fingerprint density at radius 1 is 1.23 bits per heavy atom. The van der Waals surface area contributed by atoms with Crippen LogP contribution in [0.3, 0.4) is 0 Å². The lowest BCUT2D eigenvalue weighted by atomic mass is 10.2. The van der Waals surface area contributed by atoms with Crippen LogP contribution in [0.2, 0.25) is 10.0 Å². The van der Waals surface area contributed by atoms with E-state index in [4.69, 9.17) is 23.2 Å². The molecule has 0 radical (unpaired) electrons. The summed E-state index contributed by atoms with van der Waals surface area (Å²) in [6, 6.07) is 3.54. The fourth-order valence-electron chi connectivity index (χ4n) is 1.57. The van der Waals surface area contributed by atoms with Crippen molar-refractivity contribution < 1.29 is 18.1 Å². The van der Waals surface area contributed by atoms with E-state index < -0.39 is 38.1 Å². The second-order valence-electron chi connectivity index (χ2n) is 3.97. The van der Waals surface area contributed by atoms with Crippen molar-refractivity contribution in [3.05, 3.63) is 60.3 Å². The van der Waals surface area contributed by atoms with Gasteiger partial charge in [0.1, 0.15) is 5.02 Å². The third kappa shape index (κ3) is 2.90. The van der Waals surface area contributed by atoms with Crippen LogP contribution < -0.4 is 5.56 Å². The maximum absolute atomic E-state index is 12.7. The molecule has 1 aromatic carbocycles. The van der Waals surface area contributed by atoms with Crippen molar-refractivity contribution in [2.45, 2.75) is 6.18 Å². The van der Waals surface area contributed by atoms with Gasteiger partial charge in [0.2, 0.25) is 0 Å². The Morgan fingerprint density at radius 2 is 1.86 bits per heavy atom. The van der Waals surface area contributed by atoms with Crippen LogP contribution >= 0.6 is 23.2 Å². The van der Waals surface area contributed by atoms with E-state index >= 15 is 0 Å². The minimum atomic E-state index is -4.65. The minimum absolute atomic E-state index is 0.332. The van der Waals surface area contributed by atoms with Gasteiger partial charge in [0, 0.05) is 0 Å². The van der Waals surface area contributed by atoms with Gasteiger partial charge in [0.05, 0.1) is 16.3 Å². The van der Waals surface area contributed by atoms with Crippen molar-refractivity contribution in [2.24, 2.45) is 0 Å². The van der Waals surface area contributed by atoms with Gasteiger partial charge in [-0.15, -0.1) is 0 Å². The van der Waals surface area contributed by atoms with Gasteiger partial charge < -0.3 is 10.1 Å². The first kappa shape index (κ1) is 16.2. The summed E-state index contributed by atoms with van der Waals surface area (Å²) in [7, 11) is 0. The van der Waals surface area contributed by atoms with Crippen LogP contribution in [0, 0.1) is 10.1 Å². The number of alkyl halides is 3. The van der Waals surface area contributed by atoms with Crippen molar-refractivity contribution in [1.29, 1.82) is 0 Å². The zero-order valence-electron chi connectivity index (χ0n) is 10.3. The zero-order valence-corrected chi connectivity index (χ0v) is 11.8. The molecule has 2 aromatic rings. The van der Waals surface area contributed by atoms with Crippen LogP contribution in [0.1, 0.15) is 5.56 Å². The summed E-state index contributed by atoms with van der Waals surface area (Å²) in [5.41, 5.74) is -2.45. The van der Waals surface area contributed by atoms with Crippen LogP contribution in [0.25, 0.3) is 5.69 Å². The molecule has 0 bridgehead atoms. The lowest BCUT2D eigenvalue weighted by Gasteiger charge is -2.08. The molecule has 116 valence electrons. The highest BCUT2D eigenvalue weighted by molar-refractivity contribution is 6.43. The average molecular weight is 354 g/mol. The van der Waals surface area contributed by atoms with E-state index in [1.165, 1.54) is 0 Å². The number of nitrogens with zero attached hydrogens (tertiary/aromatic N) is 3. The van der Waals surface area contributed by atoms with Gasteiger partial charge in [-0.25, -0.2) is 0 Å². The van der Waals surface area contributed by atoms with Gasteiger partial charge in [0.25, 0.3) is 0 Å². The Morgan fingerprint density at radius 3 is 2.41 bits per heavy atom. The molecule has 0 saturated carbocycles. The summed E-state index contributed by atoms with van der Waals surface area (Å²) in [5.74, 6) is -0.941. The fraction of sp³-hybridized carbons (Fsp3) is 0.0909. The highest BCUT2D eigenvalue weighted by Gasteiger charge is 2.31. The molecule has 11 heteroatoms. The van der Waals surface area contributed by atoms with Crippen molar-refractivity contribution in [2.75, 3.05) is 0 Å². The van der Waals surface area contributed by atoms with Crippen molar-refractivity contribution >= 4 is 29.0 Å². The van der Waals surface area contributed by atoms with Crippen molar-refractivity contribution in [1.82, 2.24) is 9.78 Å². The molecule has 0 aliphatic rings. The summed E-state index contributed by atoms with van der Waals surface area (Å²) >= 11 is 11.1. The molecule has 0 aliphatic carbocycles. The van der Waals surface area contributed by atoms with E-state index in [0.717, 1.165) is 18.2 Å². The first-order chi connectivity index (χ1) is 10.1. The molecule has 0 N–H and O–H groups in total. The SMILES string of the molecule is O=c1c(Cl)c(Cl)c([N+](=O)[O-])nn1-c1cccc(C(F)(F)F)c1. The summed E-state index contributed by atoms with van der Waals surface area (Å²) < 4.78 is 38.4. The average Bonchev–Trinajstić information content (AvgIpc) is 2.44. The van der Waals surface area contributed by atoms with Gasteiger partial charge in [-0.05, 0) is 23.1 Å². The monoisotopic (exact) mass is 353 g/mol. The number of rotatable bonds is 2. The Labute approximate surface area is 129 Å². The summed E-state index contributed by atoms with van der Waals surface area (Å²) in [4.78, 5) is 21.7. The Kier molecular flexibility index (Phi) is 4.12. The van der Waals surface area contributed by atoms with Gasteiger partial charge in [-0.2, -0.15) is 13.2 Å². The van der Waals surface area contributed by atoms with Gasteiger partial charge >= 0.3 is 17.6 Å². The van der Waals surface area contributed by atoms with Gasteiger partial charge in [-0.1, -0.05) is 34.0 Å². The highest BCUT2D eigenvalue weighted by Crippen LogP contribution is 2.31. The van der Waals surface area contributed by atoms with E-state index in [1.54, 1.807) is 0 Å². The van der Waals surface area contributed by atoms with Crippen LogP contribution in [0.5, 0.6) is 0 Å². The Hall–Kier alpha value is -2.13. The number of nitro groups is 1. The molecule has 1 aromatic heterocycles. The maximum Gasteiger partial charge on any atom is 0.416 e. The van der Waals surface area contributed by atoms with Crippen LogP contribution in [-0.4, -0.2) is 14.7 Å². The van der Waals surface area contributed by atoms with Crippen molar-refractivity contribution in [3.8, 4) is 5.69 Å². The second kappa shape index (κ2) is 5.58. The number of aromatic nitrogens is 2. The van der Waals surface area contributed by atoms with Crippen LogP contribution in [-0.2, 0) is 6.18 Å². The van der Waals surface area contributed by atoms with E-state index in [-0.39, 0.29) is 5.69 Å². The zero-order chi connectivity index (χ0) is 16.7. The predicted molar refractivity (Wildman–Crippen MR) is 71.5 cm³/mol. The van der Waals surface area contributed by atoms with Crippen LogP contribution in [0.4, 0.5) is 19.0 Å². The van der Waals surface area contributed by atoms with Crippen molar-refractivity contribution in [3.63, 3.8) is 0 Å². The molecule has 6 nitrogen and oxygen atoms in total. The Bertz CT molecular complexity index is 820. The third-order valence-electron chi connectivity index (χ3n) is 2.55. The van der Waals surface area contributed by atoms with E-state index in [9.17, 15) is 28.1 Å².